The number of hydrogen-bond donors (Lipinski definition) is 1. The Morgan fingerprint density at radius 2 is 2.24 bits per heavy atom. The molecule has 1 N–H and O–H groups in total. The standard InChI is InChI=1S/C11H16N2O4/c1-11(2)4-3-5-13(11)9(14)8-6-7(10(15)16)12-17-8/h8H,3-6H2,1-2H3,(H,15,16). The van der Waals surface area contributed by atoms with E-state index < -0.39 is 12.1 Å². The summed E-state index contributed by atoms with van der Waals surface area (Å²) in [5.41, 5.74) is -0.257. The van der Waals surface area contributed by atoms with Gasteiger partial charge < -0.3 is 14.8 Å². The first kappa shape index (κ1) is 11.9. The largest absolute Gasteiger partial charge is 0.477 e. The summed E-state index contributed by atoms with van der Waals surface area (Å²) in [4.78, 5) is 29.5. The van der Waals surface area contributed by atoms with Gasteiger partial charge in [-0.15, -0.1) is 0 Å². The Hall–Kier alpha value is -1.59. The molecule has 0 radical (unpaired) electrons. The van der Waals surface area contributed by atoms with Crippen molar-refractivity contribution in [2.24, 2.45) is 5.16 Å². The summed E-state index contributed by atoms with van der Waals surface area (Å²) in [6, 6.07) is 0. The van der Waals surface area contributed by atoms with Crippen LogP contribution in [0.2, 0.25) is 0 Å². The zero-order valence-electron chi connectivity index (χ0n) is 9.97. The van der Waals surface area contributed by atoms with Crippen LogP contribution in [-0.4, -0.2) is 45.8 Å². The van der Waals surface area contributed by atoms with Crippen molar-refractivity contribution in [1.29, 1.82) is 0 Å². The lowest BCUT2D eigenvalue weighted by Gasteiger charge is -2.32. The molecule has 2 rings (SSSR count). The van der Waals surface area contributed by atoms with E-state index in [4.69, 9.17) is 9.94 Å². The van der Waals surface area contributed by atoms with Crippen LogP contribution >= 0.6 is 0 Å². The van der Waals surface area contributed by atoms with Gasteiger partial charge >= 0.3 is 5.97 Å². The van der Waals surface area contributed by atoms with Crippen LogP contribution in [0, 0.1) is 0 Å². The van der Waals surface area contributed by atoms with Crippen molar-refractivity contribution in [3.8, 4) is 0 Å². The highest BCUT2D eigenvalue weighted by molar-refractivity contribution is 6.36. The molecule has 6 nitrogen and oxygen atoms in total. The molecule has 17 heavy (non-hydrogen) atoms. The van der Waals surface area contributed by atoms with E-state index in [-0.39, 0.29) is 23.6 Å². The molecule has 0 saturated carbocycles. The molecule has 1 unspecified atom stereocenters. The van der Waals surface area contributed by atoms with Gasteiger partial charge in [0.1, 0.15) is 0 Å². The van der Waals surface area contributed by atoms with E-state index in [0.29, 0.717) is 6.54 Å². The average Bonchev–Trinajstić information content (AvgIpc) is 2.82. The average molecular weight is 240 g/mol. The maximum atomic E-state index is 12.2. The molecular weight excluding hydrogens is 224 g/mol. The number of aliphatic carboxylic acids is 1. The highest BCUT2D eigenvalue weighted by atomic mass is 16.6. The number of rotatable bonds is 2. The minimum absolute atomic E-state index is 0.0563. The molecule has 94 valence electrons. The molecule has 2 heterocycles. The highest BCUT2D eigenvalue weighted by Gasteiger charge is 2.41. The van der Waals surface area contributed by atoms with Crippen molar-refractivity contribution in [1.82, 2.24) is 4.90 Å². The number of carboxylic acid groups (broad SMARTS) is 1. The van der Waals surface area contributed by atoms with Gasteiger partial charge in [-0.1, -0.05) is 5.16 Å². The van der Waals surface area contributed by atoms with E-state index in [1.807, 2.05) is 13.8 Å². The molecule has 2 aliphatic heterocycles. The minimum Gasteiger partial charge on any atom is -0.477 e. The van der Waals surface area contributed by atoms with Crippen LogP contribution in [0.25, 0.3) is 0 Å². The van der Waals surface area contributed by atoms with Gasteiger partial charge in [0, 0.05) is 18.5 Å². The highest BCUT2D eigenvalue weighted by Crippen LogP contribution is 2.30. The van der Waals surface area contributed by atoms with Crippen molar-refractivity contribution in [3.05, 3.63) is 0 Å². The summed E-state index contributed by atoms with van der Waals surface area (Å²) in [5.74, 6) is -1.28. The number of hydrogen-bond acceptors (Lipinski definition) is 4. The molecule has 0 aromatic rings. The molecule has 0 aromatic heterocycles. The van der Waals surface area contributed by atoms with Crippen molar-refractivity contribution in [2.45, 2.75) is 44.8 Å². The number of carboxylic acids is 1. The Kier molecular flexibility index (Phi) is 2.81. The first-order valence-corrected chi connectivity index (χ1v) is 5.69. The number of amides is 1. The lowest BCUT2D eigenvalue weighted by molar-refractivity contribution is -0.145. The summed E-state index contributed by atoms with van der Waals surface area (Å²) >= 11 is 0. The Morgan fingerprint density at radius 3 is 2.71 bits per heavy atom. The molecule has 1 fully saturated rings. The summed E-state index contributed by atoms with van der Waals surface area (Å²) in [6.45, 7) is 4.71. The van der Waals surface area contributed by atoms with Crippen LogP contribution in [0.4, 0.5) is 0 Å². The van der Waals surface area contributed by atoms with Crippen molar-refractivity contribution >= 4 is 17.6 Å². The number of oxime groups is 1. The molecule has 0 aromatic carbocycles. The summed E-state index contributed by atoms with van der Waals surface area (Å²) < 4.78 is 0. The van der Waals surface area contributed by atoms with Gasteiger partial charge in [-0.25, -0.2) is 4.79 Å². The fourth-order valence-electron chi connectivity index (χ4n) is 2.33. The first-order chi connectivity index (χ1) is 7.92. The van der Waals surface area contributed by atoms with Crippen LogP contribution in [0.15, 0.2) is 5.16 Å². The quantitative estimate of drug-likeness (QED) is 0.767. The van der Waals surface area contributed by atoms with Gasteiger partial charge in [0.2, 0.25) is 6.10 Å². The maximum Gasteiger partial charge on any atom is 0.353 e. The lowest BCUT2D eigenvalue weighted by Crippen LogP contribution is -2.47. The topological polar surface area (TPSA) is 79.2 Å². The zero-order chi connectivity index (χ0) is 12.6. The third-order valence-corrected chi connectivity index (χ3v) is 3.36. The number of nitrogens with zero attached hydrogens (tertiary/aromatic N) is 2. The predicted octanol–water partition coefficient (Wildman–Crippen LogP) is 0.617. The third-order valence-electron chi connectivity index (χ3n) is 3.36. The van der Waals surface area contributed by atoms with Crippen LogP contribution in [0.1, 0.15) is 33.1 Å². The smallest absolute Gasteiger partial charge is 0.353 e. The predicted molar refractivity (Wildman–Crippen MR) is 59.6 cm³/mol. The second-order valence-electron chi connectivity index (χ2n) is 5.05. The molecule has 0 spiro atoms. The molecule has 1 amide bonds. The summed E-state index contributed by atoms with van der Waals surface area (Å²) in [7, 11) is 0. The van der Waals surface area contributed by atoms with E-state index in [1.54, 1.807) is 4.90 Å². The Morgan fingerprint density at radius 1 is 1.53 bits per heavy atom. The Balaban J connectivity index is 2.02. The fraction of sp³-hybridized carbons (Fsp3) is 0.727. The van der Waals surface area contributed by atoms with Crippen molar-refractivity contribution in [2.75, 3.05) is 6.54 Å². The summed E-state index contributed by atoms with van der Waals surface area (Å²) in [5, 5.41) is 12.2. The Bertz CT molecular complexity index is 389. The van der Waals surface area contributed by atoms with Crippen molar-refractivity contribution < 1.29 is 19.5 Å². The molecule has 0 aliphatic carbocycles. The number of carbonyl (C=O) groups is 2. The van der Waals surface area contributed by atoms with Gasteiger partial charge in [0.25, 0.3) is 5.91 Å². The molecule has 1 saturated heterocycles. The zero-order valence-corrected chi connectivity index (χ0v) is 9.97. The van der Waals surface area contributed by atoms with Crippen LogP contribution in [0.3, 0.4) is 0 Å². The van der Waals surface area contributed by atoms with Crippen LogP contribution < -0.4 is 0 Å². The van der Waals surface area contributed by atoms with Gasteiger partial charge in [-0.2, -0.15) is 0 Å². The van der Waals surface area contributed by atoms with E-state index in [2.05, 4.69) is 5.16 Å². The molecular formula is C11H16N2O4. The van der Waals surface area contributed by atoms with E-state index in [0.717, 1.165) is 12.8 Å². The second kappa shape index (κ2) is 4.01. The van der Waals surface area contributed by atoms with Crippen molar-refractivity contribution in [3.63, 3.8) is 0 Å². The monoisotopic (exact) mass is 240 g/mol. The normalized spacial score (nSPS) is 26.6. The van der Waals surface area contributed by atoms with Gasteiger partial charge in [-0.3, -0.25) is 4.79 Å². The van der Waals surface area contributed by atoms with Gasteiger partial charge in [-0.05, 0) is 26.7 Å². The van der Waals surface area contributed by atoms with Gasteiger partial charge in [0.05, 0.1) is 0 Å². The molecule has 1 atom stereocenters. The molecule has 0 bridgehead atoms. The number of carbonyl (C=O) groups excluding carboxylic acids is 1. The van der Waals surface area contributed by atoms with Crippen LogP contribution in [-0.2, 0) is 14.4 Å². The minimum atomic E-state index is -1.12. The van der Waals surface area contributed by atoms with Crippen LogP contribution in [0.5, 0.6) is 0 Å². The van der Waals surface area contributed by atoms with E-state index >= 15 is 0 Å². The SMILES string of the molecule is CC1(C)CCCN1C(=O)C1CC(C(=O)O)=NO1. The molecule has 2 aliphatic rings. The van der Waals surface area contributed by atoms with Gasteiger partial charge in [0.15, 0.2) is 5.71 Å². The van der Waals surface area contributed by atoms with E-state index in [9.17, 15) is 9.59 Å². The maximum absolute atomic E-state index is 12.2. The third kappa shape index (κ3) is 2.11. The summed E-state index contributed by atoms with van der Waals surface area (Å²) in [6.07, 6.45) is 1.22. The first-order valence-electron chi connectivity index (χ1n) is 5.69. The second-order valence-corrected chi connectivity index (χ2v) is 5.05. The molecule has 6 heteroatoms. The Labute approximate surface area is 99.2 Å². The number of likely N-dealkylation sites (tertiary alicyclic amines) is 1. The van der Waals surface area contributed by atoms with E-state index in [1.165, 1.54) is 0 Å². The fourth-order valence-corrected chi connectivity index (χ4v) is 2.33. The lowest BCUT2D eigenvalue weighted by atomic mass is 10.0.